The van der Waals surface area contributed by atoms with E-state index in [2.05, 4.69) is 6.58 Å². The van der Waals surface area contributed by atoms with E-state index in [0.29, 0.717) is 30.2 Å². The van der Waals surface area contributed by atoms with Crippen LogP contribution in [0.3, 0.4) is 0 Å². The van der Waals surface area contributed by atoms with Gasteiger partial charge in [-0.25, -0.2) is 4.39 Å². The molecule has 0 bridgehead atoms. The highest BCUT2D eigenvalue weighted by Gasteiger charge is 2.28. The number of amides is 1. The molecule has 0 atom stereocenters. The van der Waals surface area contributed by atoms with Gasteiger partial charge >= 0.3 is 0 Å². The average Bonchev–Trinajstić information content (AvgIpc) is 2.61. The Bertz CT molecular complexity index is 816. The van der Waals surface area contributed by atoms with Crippen molar-refractivity contribution in [3.63, 3.8) is 0 Å². The normalized spacial score (nSPS) is 13.5. The van der Waals surface area contributed by atoms with Gasteiger partial charge in [0.05, 0.1) is 19.8 Å². The largest absolute Gasteiger partial charge is 0.493 e. The predicted octanol–water partition coefficient (Wildman–Crippen LogP) is 3.51. The van der Waals surface area contributed by atoms with Crippen LogP contribution in [0.25, 0.3) is 5.70 Å². The smallest absolute Gasteiger partial charge is 0.261 e. The molecule has 1 heterocycles. The van der Waals surface area contributed by atoms with Crippen LogP contribution in [-0.2, 0) is 6.42 Å². The van der Waals surface area contributed by atoms with E-state index in [1.54, 1.807) is 32.4 Å². The third kappa shape index (κ3) is 2.62. The number of nitrogens with zero attached hydrogens (tertiary/aromatic N) is 1. The molecule has 4 nitrogen and oxygen atoms in total. The highest BCUT2D eigenvalue weighted by molar-refractivity contribution is 6.00. The molecule has 0 saturated heterocycles. The first-order valence-electron chi connectivity index (χ1n) is 7.57. The summed E-state index contributed by atoms with van der Waals surface area (Å²) in [6, 6.07) is 9.66. The molecule has 24 heavy (non-hydrogen) atoms. The van der Waals surface area contributed by atoms with Crippen LogP contribution in [0.15, 0.2) is 43.0 Å². The lowest BCUT2D eigenvalue weighted by atomic mass is 9.95. The van der Waals surface area contributed by atoms with E-state index >= 15 is 0 Å². The second-order valence-corrected chi connectivity index (χ2v) is 5.50. The molecule has 0 aromatic heterocycles. The molecule has 0 aliphatic carbocycles. The minimum atomic E-state index is -0.534. The summed E-state index contributed by atoms with van der Waals surface area (Å²) in [6.45, 7) is 4.47. The van der Waals surface area contributed by atoms with Crippen LogP contribution in [0, 0.1) is 5.82 Å². The summed E-state index contributed by atoms with van der Waals surface area (Å²) in [5.74, 6) is 0.280. The number of hydrogen-bond donors (Lipinski definition) is 0. The SMILES string of the molecule is C=C1c2cc(OC)c(OC)cc2CCN1C(=O)c1ccccc1F. The Morgan fingerprint density at radius 2 is 1.83 bits per heavy atom. The maximum Gasteiger partial charge on any atom is 0.261 e. The second-order valence-electron chi connectivity index (χ2n) is 5.50. The Hall–Kier alpha value is -2.82. The van der Waals surface area contributed by atoms with Gasteiger partial charge in [0.1, 0.15) is 5.82 Å². The maximum absolute atomic E-state index is 13.9. The molecule has 1 amide bonds. The zero-order chi connectivity index (χ0) is 17.3. The first-order chi connectivity index (χ1) is 11.6. The van der Waals surface area contributed by atoms with Crippen molar-refractivity contribution in [2.45, 2.75) is 6.42 Å². The first-order valence-corrected chi connectivity index (χ1v) is 7.57. The topological polar surface area (TPSA) is 38.8 Å². The van der Waals surface area contributed by atoms with Crippen LogP contribution < -0.4 is 9.47 Å². The van der Waals surface area contributed by atoms with Gasteiger partial charge in [-0.15, -0.1) is 0 Å². The number of carbonyl (C=O) groups excluding carboxylic acids is 1. The Labute approximate surface area is 140 Å². The summed E-state index contributed by atoms with van der Waals surface area (Å²) >= 11 is 0. The van der Waals surface area contributed by atoms with Gasteiger partial charge in [-0.3, -0.25) is 4.79 Å². The molecule has 124 valence electrons. The quantitative estimate of drug-likeness (QED) is 0.866. The third-order valence-electron chi connectivity index (χ3n) is 4.20. The molecule has 1 aliphatic heterocycles. The molecule has 3 rings (SSSR count). The van der Waals surface area contributed by atoms with Gasteiger partial charge < -0.3 is 14.4 Å². The predicted molar refractivity (Wildman–Crippen MR) is 89.7 cm³/mol. The molecule has 0 N–H and O–H groups in total. The van der Waals surface area contributed by atoms with Crippen molar-refractivity contribution in [1.29, 1.82) is 0 Å². The monoisotopic (exact) mass is 327 g/mol. The van der Waals surface area contributed by atoms with Gasteiger partial charge in [0.25, 0.3) is 5.91 Å². The van der Waals surface area contributed by atoms with Crippen molar-refractivity contribution in [3.8, 4) is 11.5 Å². The fraction of sp³-hybridized carbons (Fsp3) is 0.211. The molecule has 0 spiro atoms. The van der Waals surface area contributed by atoms with Crippen molar-refractivity contribution >= 4 is 11.6 Å². The Morgan fingerprint density at radius 1 is 1.17 bits per heavy atom. The summed E-state index contributed by atoms with van der Waals surface area (Å²) in [5.41, 5.74) is 2.41. The Morgan fingerprint density at radius 3 is 2.50 bits per heavy atom. The van der Waals surface area contributed by atoms with Crippen LogP contribution in [0.5, 0.6) is 11.5 Å². The van der Waals surface area contributed by atoms with Gasteiger partial charge in [0.2, 0.25) is 0 Å². The van der Waals surface area contributed by atoms with E-state index in [1.807, 2.05) is 6.07 Å². The molecular weight excluding hydrogens is 309 g/mol. The Kier molecular flexibility index (Phi) is 4.25. The third-order valence-corrected chi connectivity index (χ3v) is 4.20. The van der Waals surface area contributed by atoms with Crippen LogP contribution in [0.2, 0.25) is 0 Å². The summed E-state index contributed by atoms with van der Waals surface area (Å²) in [7, 11) is 3.13. The molecule has 5 heteroatoms. The summed E-state index contributed by atoms with van der Waals surface area (Å²) in [6.07, 6.45) is 0.634. The van der Waals surface area contributed by atoms with Gasteiger partial charge in [-0.1, -0.05) is 18.7 Å². The molecule has 2 aromatic carbocycles. The average molecular weight is 327 g/mol. The number of ether oxygens (including phenoxy) is 2. The van der Waals surface area contributed by atoms with E-state index in [1.165, 1.54) is 17.0 Å². The van der Waals surface area contributed by atoms with Crippen LogP contribution in [-0.4, -0.2) is 31.6 Å². The fourth-order valence-corrected chi connectivity index (χ4v) is 2.91. The van der Waals surface area contributed by atoms with Crippen LogP contribution >= 0.6 is 0 Å². The van der Waals surface area contributed by atoms with Gasteiger partial charge in [-0.2, -0.15) is 0 Å². The summed E-state index contributed by atoms with van der Waals surface area (Å²) < 4.78 is 24.6. The molecule has 0 unspecified atom stereocenters. The van der Waals surface area contributed by atoms with Crippen molar-refractivity contribution in [2.75, 3.05) is 20.8 Å². The lowest BCUT2D eigenvalue weighted by Gasteiger charge is -2.31. The minimum Gasteiger partial charge on any atom is -0.493 e. The molecule has 1 aliphatic rings. The van der Waals surface area contributed by atoms with Crippen molar-refractivity contribution in [3.05, 3.63) is 65.5 Å². The standard InChI is InChI=1S/C19H18FNO3/c1-12-15-11-18(24-3)17(23-2)10-13(15)8-9-21(12)19(22)14-6-4-5-7-16(14)20/h4-7,10-11H,1,8-9H2,2-3H3. The number of fused-ring (bicyclic) bond motifs is 1. The lowest BCUT2D eigenvalue weighted by molar-refractivity contribution is 0.0829. The summed E-state index contributed by atoms with van der Waals surface area (Å²) in [4.78, 5) is 14.2. The second kappa shape index (κ2) is 6.35. The zero-order valence-corrected chi connectivity index (χ0v) is 13.6. The highest BCUT2D eigenvalue weighted by Crippen LogP contribution is 2.37. The molecular formula is C19H18FNO3. The molecule has 0 fully saturated rings. The van der Waals surface area contributed by atoms with Crippen LogP contribution in [0.1, 0.15) is 21.5 Å². The van der Waals surface area contributed by atoms with Gasteiger partial charge in [0.15, 0.2) is 11.5 Å². The number of carbonyl (C=O) groups is 1. The number of methoxy groups -OCH3 is 2. The minimum absolute atomic E-state index is 0.0441. The molecule has 0 radical (unpaired) electrons. The number of benzene rings is 2. The highest BCUT2D eigenvalue weighted by atomic mass is 19.1. The Balaban J connectivity index is 1.98. The van der Waals surface area contributed by atoms with E-state index in [9.17, 15) is 9.18 Å². The van der Waals surface area contributed by atoms with Crippen molar-refractivity contribution in [1.82, 2.24) is 4.90 Å². The first kappa shape index (κ1) is 16.1. The summed E-state index contributed by atoms with van der Waals surface area (Å²) in [5, 5.41) is 0. The van der Waals surface area contributed by atoms with E-state index in [4.69, 9.17) is 9.47 Å². The van der Waals surface area contributed by atoms with E-state index < -0.39 is 11.7 Å². The fourth-order valence-electron chi connectivity index (χ4n) is 2.91. The molecule has 0 saturated carbocycles. The van der Waals surface area contributed by atoms with Crippen LogP contribution in [0.4, 0.5) is 4.39 Å². The number of halogens is 1. The lowest BCUT2D eigenvalue weighted by Crippen LogP contribution is -2.35. The zero-order valence-electron chi connectivity index (χ0n) is 13.6. The van der Waals surface area contributed by atoms with Gasteiger partial charge in [-0.05, 0) is 36.2 Å². The van der Waals surface area contributed by atoms with Gasteiger partial charge in [0, 0.05) is 17.8 Å². The molecule has 2 aromatic rings. The van der Waals surface area contributed by atoms with E-state index in [-0.39, 0.29) is 5.56 Å². The number of hydrogen-bond acceptors (Lipinski definition) is 3. The maximum atomic E-state index is 13.9. The van der Waals surface area contributed by atoms with E-state index in [0.717, 1.165) is 11.1 Å². The number of rotatable bonds is 3. The van der Waals surface area contributed by atoms with Crippen molar-refractivity contribution in [2.24, 2.45) is 0 Å². The van der Waals surface area contributed by atoms with Crippen molar-refractivity contribution < 1.29 is 18.7 Å².